The first-order valence-electron chi connectivity index (χ1n) is 5.78. The quantitative estimate of drug-likeness (QED) is 0.812. The second-order valence-electron chi connectivity index (χ2n) is 3.85. The van der Waals surface area contributed by atoms with Crippen molar-refractivity contribution in [1.82, 2.24) is 15.2 Å². The highest BCUT2D eigenvalue weighted by Crippen LogP contribution is 2.31. The van der Waals surface area contributed by atoms with Crippen molar-refractivity contribution in [3.8, 4) is 5.75 Å². The van der Waals surface area contributed by atoms with E-state index in [-0.39, 0.29) is 0 Å². The first-order valence-corrected chi connectivity index (χ1v) is 6.60. The highest BCUT2D eigenvalue weighted by atomic mass is 32.2. The first-order chi connectivity index (χ1) is 8.69. The summed E-state index contributed by atoms with van der Waals surface area (Å²) in [6, 6.07) is 5.69. The van der Waals surface area contributed by atoms with E-state index >= 15 is 0 Å². The number of anilines is 1. The van der Waals surface area contributed by atoms with E-state index in [2.05, 4.69) is 22.1 Å². The van der Waals surface area contributed by atoms with Crippen LogP contribution in [0.4, 0.5) is 5.69 Å². The molecular weight excluding hydrogens is 248 g/mol. The summed E-state index contributed by atoms with van der Waals surface area (Å²) in [6.07, 6.45) is 0.955. The molecule has 0 unspecified atom stereocenters. The Hall–Kier alpha value is -1.69. The molecule has 0 aliphatic heterocycles. The average Bonchev–Trinajstić information content (AvgIpc) is 2.75. The Morgan fingerprint density at radius 2 is 2.28 bits per heavy atom. The zero-order chi connectivity index (χ0) is 13.0. The minimum Gasteiger partial charge on any atom is -0.491 e. The predicted octanol–water partition coefficient (Wildman–Crippen LogP) is 2.64. The Kier molecular flexibility index (Phi) is 4.09. The van der Waals surface area contributed by atoms with Gasteiger partial charge < -0.3 is 10.5 Å². The van der Waals surface area contributed by atoms with Crippen molar-refractivity contribution in [2.45, 2.75) is 30.3 Å². The topological polar surface area (TPSA) is 76.8 Å². The fourth-order valence-corrected chi connectivity index (χ4v) is 2.18. The van der Waals surface area contributed by atoms with Gasteiger partial charge >= 0.3 is 0 Å². The summed E-state index contributed by atoms with van der Waals surface area (Å²) in [6.45, 7) is 4.60. The molecule has 0 saturated carbocycles. The van der Waals surface area contributed by atoms with Gasteiger partial charge in [0.1, 0.15) is 11.6 Å². The second kappa shape index (κ2) is 5.77. The molecule has 1 heterocycles. The van der Waals surface area contributed by atoms with Crippen molar-refractivity contribution in [2.24, 2.45) is 0 Å². The van der Waals surface area contributed by atoms with Crippen molar-refractivity contribution in [3.63, 3.8) is 0 Å². The van der Waals surface area contributed by atoms with Crippen LogP contribution < -0.4 is 10.5 Å². The minimum absolute atomic E-state index is 0.652. The maximum absolute atomic E-state index is 5.86. The van der Waals surface area contributed by atoms with E-state index in [1.807, 2.05) is 25.1 Å². The van der Waals surface area contributed by atoms with Gasteiger partial charge in [-0.15, -0.1) is 5.10 Å². The standard InChI is InChI=1S/C12H16N4OS/c1-3-6-17-11-7-9(4-5-10(11)13)18-12-14-8(2)15-16-12/h4-5,7H,3,6,13H2,1-2H3,(H,14,15,16). The van der Waals surface area contributed by atoms with Crippen LogP contribution in [-0.2, 0) is 0 Å². The van der Waals surface area contributed by atoms with Crippen LogP contribution in [0.5, 0.6) is 5.75 Å². The normalized spacial score (nSPS) is 10.6. The summed E-state index contributed by atoms with van der Waals surface area (Å²) in [4.78, 5) is 5.25. The number of hydrogen-bond acceptors (Lipinski definition) is 5. The molecule has 0 amide bonds. The summed E-state index contributed by atoms with van der Waals surface area (Å²) in [5, 5.41) is 7.58. The maximum atomic E-state index is 5.86. The molecule has 0 spiro atoms. The molecule has 96 valence electrons. The molecule has 0 aliphatic rings. The molecule has 0 bridgehead atoms. The van der Waals surface area contributed by atoms with Gasteiger partial charge in [0.2, 0.25) is 5.16 Å². The lowest BCUT2D eigenvalue weighted by atomic mass is 10.3. The highest BCUT2D eigenvalue weighted by molar-refractivity contribution is 7.99. The van der Waals surface area contributed by atoms with Gasteiger partial charge in [-0.05, 0) is 43.3 Å². The third-order valence-corrected chi connectivity index (χ3v) is 3.09. The van der Waals surface area contributed by atoms with Crippen LogP contribution >= 0.6 is 11.8 Å². The van der Waals surface area contributed by atoms with Crippen molar-refractivity contribution in [2.75, 3.05) is 12.3 Å². The SMILES string of the molecule is CCCOc1cc(Sc2n[nH]c(C)n2)ccc1N. The molecule has 0 aliphatic carbocycles. The number of aromatic nitrogens is 3. The molecule has 18 heavy (non-hydrogen) atoms. The van der Waals surface area contributed by atoms with Crippen molar-refractivity contribution in [1.29, 1.82) is 0 Å². The third-order valence-electron chi connectivity index (χ3n) is 2.23. The monoisotopic (exact) mass is 264 g/mol. The lowest BCUT2D eigenvalue weighted by molar-refractivity contribution is 0.318. The van der Waals surface area contributed by atoms with E-state index in [0.717, 1.165) is 17.1 Å². The Bertz CT molecular complexity index is 527. The molecule has 1 aromatic heterocycles. The Morgan fingerprint density at radius 1 is 1.44 bits per heavy atom. The number of aryl methyl sites for hydroxylation is 1. The van der Waals surface area contributed by atoms with Crippen molar-refractivity contribution >= 4 is 17.4 Å². The van der Waals surface area contributed by atoms with Crippen molar-refractivity contribution < 1.29 is 4.74 Å². The summed E-state index contributed by atoms with van der Waals surface area (Å²) in [7, 11) is 0. The van der Waals surface area contributed by atoms with Crippen LogP contribution in [0.15, 0.2) is 28.3 Å². The number of hydrogen-bond donors (Lipinski definition) is 2. The number of nitrogens with two attached hydrogens (primary N) is 1. The molecule has 2 rings (SSSR count). The van der Waals surface area contributed by atoms with Crippen LogP contribution in [0.2, 0.25) is 0 Å². The lowest BCUT2D eigenvalue weighted by Gasteiger charge is -2.08. The van der Waals surface area contributed by atoms with Gasteiger partial charge in [-0.2, -0.15) is 0 Å². The fourth-order valence-electron chi connectivity index (χ4n) is 1.39. The Morgan fingerprint density at radius 3 is 2.94 bits per heavy atom. The minimum atomic E-state index is 0.652. The van der Waals surface area contributed by atoms with E-state index < -0.39 is 0 Å². The fraction of sp³-hybridized carbons (Fsp3) is 0.333. The summed E-state index contributed by atoms with van der Waals surface area (Å²) >= 11 is 1.48. The molecular formula is C12H16N4OS. The van der Waals surface area contributed by atoms with Gasteiger partial charge in [0.05, 0.1) is 12.3 Å². The van der Waals surface area contributed by atoms with E-state index in [1.165, 1.54) is 11.8 Å². The lowest BCUT2D eigenvalue weighted by Crippen LogP contribution is -1.99. The molecule has 0 saturated heterocycles. The van der Waals surface area contributed by atoms with Crippen LogP contribution in [0.1, 0.15) is 19.2 Å². The maximum Gasteiger partial charge on any atom is 0.213 e. The van der Waals surface area contributed by atoms with Crippen LogP contribution in [0, 0.1) is 6.92 Å². The number of ether oxygens (including phenoxy) is 1. The van der Waals surface area contributed by atoms with Crippen LogP contribution in [0.3, 0.4) is 0 Å². The zero-order valence-electron chi connectivity index (χ0n) is 10.4. The van der Waals surface area contributed by atoms with Crippen molar-refractivity contribution in [3.05, 3.63) is 24.0 Å². The molecule has 1 aromatic carbocycles. The number of aromatic amines is 1. The number of nitrogens with one attached hydrogen (secondary N) is 1. The Balaban J connectivity index is 2.13. The van der Waals surface area contributed by atoms with Gasteiger partial charge in [-0.1, -0.05) is 6.92 Å². The molecule has 5 nitrogen and oxygen atoms in total. The molecule has 0 atom stereocenters. The molecule has 3 N–H and O–H groups in total. The largest absolute Gasteiger partial charge is 0.491 e. The smallest absolute Gasteiger partial charge is 0.213 e. The van der Waals surface area contributed by atoms with Crippen LogP contribution in [-0.4, -0.2) is 21.8 Å². The van der Waals surface area contributed by atoms with E-state index in [9.17, 15) is 0 Å². The average molecular weight is 264 g/mol. The molecule has 6 heteroatoms. The summed E-state index contributed by atoms with van der Waals surface area (Å²) < 4.78 is 5.58. The number of H-pyrrole nitrogens is 1. The Labute approximate surface area is 110 Å². The van der Waals surface area contributed by atoms with Gasteiger partial charge in [0, 0.05) is 4.90 Å². The zero-order valence-corrected chi connectivity index (χ0v) is 11.3. The number of nitrogens with zero attached hydrogens (tertiary/aromatic N) is 2. The van der Waals surface area contributed by atoms with Gasteiger partial charge in [-0.3, -0.25) is 5.10 Å². The molecule has 0 fully saturated rings. The van der Waals surface area contributed by atoms with E-state index in [4.69, 9.17) is 10.5 Å². The van der Waals surface area contributed by atoms with Crippen LogP contribution in [0.25, 0.3) is 0 Å². The van der Waals surface area contributed by atoms with Gasteiger partial charge in [0.25, 0.3) is 0 Å². The van der Waals surface area contributed by atoms with E-state index in [0.29, 0.717) is 23.2 Å². The van der Waals surface area contributed by atoms with Gasteiger partial charge in [0.15, 0.2) is 0 Å². The number of nitrogen functional groups attached to an aromatic ring is 1. The highest BCUT2D eigenvalue weighted by Gasteiger charge is 2.06. The second-order valence-corrected chi connectivity index (χ2v) is 4.89. The number of benzene rings is 1. The molecule has 2 aromatic rings. The molecule has 0 radical (unpaired) electrons. The first kappa shape index (κ1) is 12.8. The van der Waals surface area contributed by atoms with Gasteiger partial charge in [-0.25, -0.2) is 4.98 Å². The predicted molar refractivity (Wildman–Crippen MR) is 71.9 cm³/mol. The summed E-state index contributed by atoms with van der Waals surface area (Å²) in [5.74, 6) is 1.52. The third kappa shape index (κ3) is 3.16. The van der Waals surface area contributed by atoms with E-state index in [1.54, 1.807) is 0 Å². The summed E-state index contributed by atoms with van der Waals surface area (Å²) in [5.41, 5.74) is 6.51. The number of rotatable bonds is 5.